The first kappa shape index (κ1) is 10.9. The van der Waals surface area contributed by atoms with Gasteiger partial charge in [0.25, 0.3) is 0 Å². The molecule has 0 aromatic rings. The van der Waals surface area contributed by atoms with Crippen molar-refractivity contribution in [2.24, 2.45) is 17.1 Å². The second kappa shape index (κ2) is 3.78. The van der Waals surface area contributed by atoms with E-state index in [0.29, 0.717) is 24.4 Å². The zero-order valence-corrected chi connectivity index (χ0v) is 9.83. The minimum Gasteiger partial charge on any atom is -0.339 e. The number of rotatable bonds is 2. The fraction of sp³-hybridized carbons (Fsp3) is 0.917. The predicted octanol–water partition coefficient (Wildman–Crippen LogP) is 1.37. The molecule has 1 heterocycles. The second-order valence-corrected chi connectivity index (χ2v) is 5.49. The molecule has 1 aliphatic carbocycles. The summed E-state index contributed by atoms with van der Waals surface area (Å²) in [5.41, 5.74) is 5.60. The van der Waals surface area contributed by atoms with Gasteiger partial charge in [-0.25, -0.2) is 0 Å². The van der Waals surface area contributed by atoms with Crippen molar-refractivity contribution in [3.8, 4) is 0 Å². The van der Waals surface area contributed by atoms with Crippen LogP contribution in [0.2, 0.25) is 0 Å². The lowest BCUT2D eigenvalue weighted by Gasteiger charge is -2.47. The van der Waals surface area contributed by atoms with Gasteiger partial charge in [-0.1, -0.05) is 6.92 Å². The summed E-state index contributed by atoms with van der Waals surface area (Å²) >= 11 is 0. The summed E-state index contributed by atoms with van der Waals surface area (Å²) in [6.45, 7) is 5.82. The molecule has 0 bridgehead atoms. The van der Waals surface area contributed by atoms with E-state index in [0.717, 1.165) is 32.2 Å². The van der Waals surface area contributed by atoms with Gasteiger partial charge >= 0.3 is 0 Å². The van der Waals surface area contributed by atoms with Crippen molar-refractivity contribution in [3.63, 3.8) is 0 Å². The third kappa shape index (κ3) is 1.67. The minimum absolute atomic E-state index is 0.196. The standard InChI is InChI=1S/C12H22N2O/c1-9-6-12(7-9,8-13)11(15)14-5-3-4-10(14)2/h9-10H,3-8,13H2,1-2H3. The number of hydrogen-bond acceptors (Lipinski definition) is 2. The molecule has 1 atom stereocenters. The van der Waals surface area contributed by atoms with E-state index >= 15 is 0 Å². The van der Waals surface area contributed by atoms with Crippen LogP contribution in [0.15, 0.2) is 0 Å². The lowest BCUT2D eigenvalue weighted by molar-refractivity contribution is -0.150. The summed E-state index contributed by atoms with van der Waals surface area (Å²) in [7, 11) is 0. The van der Waals surface area contributed by atoms with Crippen LogP contribution in [0.1, 0.15) is 39.5 Å². The van der Waals surface area contributed by atoms with Crippen LogP contribution in [0.25, 0.3) is 0 Å². The molecule has 1 amide bonds. The van der Waals surface area contributed by atoms with Gasteiger partial charge in [-0.15, -0.1) is 0 Å². The van der Waals surface area contributed by atoms with Crippen LogP contribution in [0.3, 0.4) is 0 Å². The molecular formula is C12H22N2O. The Morgan fingerprint density at radius 1 is 1.47 bits per heavy atom. The highest BCUT2D eigenvalue weighted by atomic mass is 16.2. The first-order valence-corrected chi connectivity index (χ1v) is 6.10. The number of likely N-dealkylation sites (tertiary alicyclic amines) is 1. The number of nitrogens with two attached hydrogens (primary N) is 1. The topological polar surface area (TPSA) is 46.3 Å². The van der Waals surface area contributed by atoms with Gasteiger partial charge in [-0.05, 0) is 38.5 Å². The SMILES string of the molecule is CC1CC(CN)(C(=O)N2CCCC2C)C1. The lowest BCUT2D eigenvalue weighted by atomic mass is 9.62. The van der Waals surface area contributed by atoms with Crippen molar-refractivity contribution in [2.45, 2.75) is 45.6 Å². The highest BCUT2D eigenvalue weighted by molar-refractivity contribution is 5.84. The van der Waals surface area contributed by atoms with E-state index < -0.39 is 0 Å². The molecular weight excluding hydrogens is 188 g/mol. The normalized spacial score (nSPS) is 40.3. The van der Waals surface area contributed by atoms with Gasteiger partial charge in [-0.2, -0.15) is 0 Å². The molecule has 2 aliphatic rings. The van der Waals surface area contributed by atoms with Crippen LogP contribution in [0.4, 0.5) is 0 Å². The quantitative estimate of drug-likeness (QED) is 0.748. The summed E-state index contributed by atoms with van der Waals surface area (Å²) in [6, 6.07) is 0.428. The largest absolute Gasteiger partial charge is 0.339 e. The summed E-state index contributed by atoms with van der Waals surface area (Å²) < 4.78 is 0. The van der Waals surface area contributed by atoms with Gasteiger partial charge in [0.2, 0.25) is 5.91 Å². The Bertz CT molecular complexity index is 258. The molecule has 0 aromatic heterocycles. The molecule has 86 valence electrons. The Balaban J connectivity index is 2.06. The van der Waals surface area contributed by atoms with Gasteiger partial charge in [0.15, 0.2) is 0 Å². The Hall–Kier alpha value is -0.570. The zero-order chi connectivity index (χ0) is 11.1. The average molecular weight is 210 g/mol. The first-order chi connectivity index (χ1) is 7.09. The Kier molecular flexibility index (Phi) is 2.75. The maximum atomic E-state index is 12.4. The summed E-state index contributed by atoms with van der Waals surface area (Å²) in [5.74, 6) is 1.00. The Morgan fingerprint density at radius 2 is 2.13 bits per heavy atom. The number of hydrogen-bond donors (Lipinski definition) is 1. The second-order valence-electron chi connectivity index (χ2n) is 5.49. The molecule has 0 radical (unpaired) electrons. The van der Waals surface area contributed by atoms with E-state index in [4.69, 9.17) is 5.73 Å². The third-order valence-electron chi connectivity index (χ3n) is 4.14. The van der Waals surface area contributed by atoms with E-state index in [-0.39, 0.29) is 5.41 Å². The van der Waals surface area contributed by atoms with Crippen LogP contribution < -0.4 is 5.73 Å². The van der Waals surface area contributed by atoms with Gasteiger partial charge < -0.3 is 10.6 Å². The van der Waals surface area contributed by atoms with E-state index in [1.54, 1.807) is 0 Å². The molecule has 2 N–H and O–H groups in total. The summed E-state index contributed by atoms with van der Waals surface area (Å²) in [5, 5.41) is 0. The van der Waals surface area contributed by atoms with Crippen LogP contribution in [0, 0.1) is 11.3 Å². The van der Waals surface area contributed by atoms with Crippen molar-refractivity contribution < 1.29 is 4.79 Å². The predicted molar refractivity (Wildman–Crippen MR) is 60.3 cm³/mol. The van der Waals surface area contributed by atoms with Crippen LogP contribution in [0.5, 0.6) is 0 Å². The van der Waals surface area contributed by atoms with Gasteiger partial charge in [0, 0.05) is 19.1 Å². The van der Waals surface area contributed by atoms with Gasteiger partial charge in [0.05, 0.1) is 5.41 Å². The molecule has 1 aliphatic heterocycles. The molecule has 3 heteroatoms. The van der Waals surface area contributed by atoms with E-state index in [1.165, 1.54) is 0 Å². The maximum Gasteiger partial charge on any atom is 0.230 e. The molecule has 1 unspecified atom stereocenters. The summed E-state index contributed by atoms with van der Waals surface area (Å²) in [4.78, 5) is 14.4. The van der Waals surface area contributed by atoms with E-state index in [2.05, 4.69) is 18.7 Å². The van der Waals surface area contributed by atoms with Gasteiger partial charge in [0.1, 0.15) is 0 Å². The molecule has 2 rings (SSSR count). The van der Waals surface area contributed by atoms with E-state index in [9.17, 15) is 4.79 Å². The van der Waals surface area contributed by atoms with Crippen LogP contribution in [-0.2, 0) is 4.79 Å². The maximum absolute atomic E-state index is 12.4. The third-order valence-corrected chi connectivity index (χ3v) is 4.14. The fourth-order valence-corrected chi connectivity index (χ4v) is 3.24. The number of carbonyl (C=O) groups excluding carboxylic acids is 1. The van der Waals surface area contributed by atoms with Crippen LogP contribution in [-0.4, -0.2) is 29.9 Å². The van der Waals surface area contributed by atoms with Crippen molar-refractivity contribution in [1.82, 2.24) is 4.90 Å². The lowest BCUT2D eigenvalue weighted by Crippen LogP contribution is -2.55. The monoisotopic (exact) mass is 210 g/mol. The van der Waals surface area contributed by atoms with Crippen molar-refractivity contribution in [1.29, 1.82) is 0 Å². The minimum atomic E-state index is -0.196. The molecule has 15 heavy (non-hydrogen) atoms. The number of carbonyl (C=O) groups is 1. The molecule has 0 aromatic carbocycles. The molecule has 1 saturated heterocycles. The van der Waals surface area contributed by atoms with Gasteiger partial charge in [-0.3, -0.25) is 4.79 Å². The van der Waals surface area contributed by atoms with Crippen LogP contribution >= 0.6 is 0 Å². The number of nitrogens with zero attached hydrogens (tertiary/aromatic N) is 1. The molecule has 1 saturated carbocycles. The molecule has 3 nitrogen and oxygen atoms in total. The smallest absolute Gasteiger partial charge is 0.230 e. The van der Waals surface area contributed by atoms with Crippen molar-refractivity contribution in [3.05, 3.63) is 0 Å². The first-order valence-electron chi connectivity index (χ1n) is 6.10. The molecule has 0 spiro atoms. The highest BCUT2D eigenvalue weighted by Gasteiger charge is 2.50. The van der Waals surface area contributed by atoms with Crippen molar-refractivity contribution in [2.75, 3.05) is 13.1 Å². The number of amides is 1. The van der Waals surface area contributed by atoms with Crippen molar-refractivity contribution >= 4 is 5.91 Å². The van der Waals surface area contributed by atoms with E-state index in [1.807, 2.05) is 0 Å². The fourth-order valence-electron chi connectivity index (χ4n) is 3.24. The average Bonchev–Trinajstić information content (AvgIpc) is 2.58. The highest BCUT2D eigenvalue weighted by Crippen LogP contribution is 2.46. The Labute approximate surface area is 92.0 Å². The molecule has 2 fully saturated rings. The zero-order valence-electron chi connectivity index (χ0n) is 9.83. The summed E-state index contributed by atoms with van der Waals surface area (Å²) in [6.07, 6.45) is 4.29. The Morgan fingerprint density at radius 3 is 2.53 bits per heavy atom.